The van der Waals surface area contributed by atoms with Crippen molar-refractivity contribution in [1.29, 1.82) is 0 Å². The van der Waals surface area contributed by atoms with E-state index in [1.165, 1.54) is 32.1 Å². The number of anilines is 1. The summed E-state index contributed by atoms with van der Waals surface area (Å²) >= 11 is 0. The van der Waals surface area contributed by atoms with Crippen molar-refractivity contribution in [3.05, 3.63) is 28.7 Å². The Bertz CT molecular complexity index is 917. The minimum atomic E-state index is -0.155. The van der Waals surface area contributed by atoms with E-state index >= 15 is 0 Å². The predicted molar refractivity (Wildman–Crippen MR) is 114 cm³/mol. The van der Waals surface area contributed by atoms with E-state index in [2.05, 4.69) is 15.3 Å². The molecule has 1 aliphatic heterocycles. The molecule has 0 spiro atoms. The van der Waals surface area contributed by atoms with Gasteiger partial charge >= 0.3 is 0 Å². The first-order valence-corrected chi connectivity index (χ1v) is 11.0. The third-order valence-electron chi connectivity index (χ3n) is 6.35. The molecule has 2 aliphatic rings. The van der Waals surface area contributed by atoms with Crippen molar-refractivity contribution >= 4 is 22.9 Å². The summed E-state index contributed by atoms with van der Waals surface area (Å²) in [7, 11) is 1.73. The molecule has 1 atom stereocenters. The molecule has 7 nitrogen and oxygen atoms in total. The number of fused-ring (bicyclic) bond motifs is 1. The fourth-order valence-corrected chi connectivity index (χ4v) is 4.65. The van der Waals surface area contributed by atoms with Crippen LogP contribution in [0.3, 0.4) is 0 Å². The molecule has 156 valence electrons. The zero-order chi connectivity index (χ0) is 20.2. The van der Waals surface area contributed by atoms with Crippen molar-refractivity contribution in [1.82, 2.24) is 19.9 Å². The number of nitrogens with one attached hydrogen (secondary N) is 1. The summed E-state index contributed by atoms with van der Waals surface area (Å²) in [5.74, 6) is 0.473. The van der Waals surface area contributed by atoms with E-state index in [4.69, 9.17) is 0 Å². The maximum absolute atomic E-state index is 13.0. The molecule has 2 aromatic heterocycles. The number of hydrogen-bond acceptors (Lipinski definition) is 5. The predicted octanol–water partition coefficient (Wildman–Crippen LogP) is 2.77. The monoisotopic (exact) mass is 397 g/mol. The van der Waals surface area contributed by atoms with Crippen molar-refractivity contribution in [3.8, 4) is 0 Å². The molecule has 1 aliphatic carbocycles. The summed E-state index contributed by atoms with van der Waals surface area (Å²) in [5.41, 5.74) is 1.12. The summed E-state index contributed by atoms with van der Waals surface area (Å²) in [4.78, 5) is 36.7. The summed E-state index contributed by atoms with van der Waals surface area (Å²) in [6.45, 7) is 1.30. The SMILES string of the molecule is Cn1c(=O)c(N2CCCC(C(=O)NC3CCCCCCC3)C2)nc2cccnc21. The molecule has 1 N–H and O–H groups in total. The average molecular weight is 398 g/mol. The van der Waals surface area contributed by atoms with Gasteiger partial charge in [0.1, 0.15) is 5.52 Å². The topological polar surface area (TPSA) is 80.1 Å². The van der Waals surface area contributed by atoms with Crippen LogP contribution in [0.2, 0.25) is 0 Å². The molecule has 0 radical (unpaired) electrons. The summed E-state index contributed by atoms with van der Waals surface area (Å²) in [6, 6.07) is 4.00. The lowest BCUT2D eigenvalue weighted by molar-refractivity contribution is -0.126. The first kappa shape index (κ1) is 19.9. The maximum atomic E-state index is 13.0. The largest absolute Gasteiger partial charge is 0.353 e. The Labute approximate surface area is 171 Å². The number of carbonyl (C=O) groups is 1. The van der Waals surface area contributed by atoms with Crippen LogP contribution in [-0.2, 0) is 11.8 Å². The van der Waals surface area contributed by atoms with Gasteiger partial charge in [0.2, 0.25) is 5.91 Å². The molecule has 1 unspecified atom stereocenters. The fourth-order valence-electron chi connectivity index (χ4n) is 4.65. The minimum Gasteiger partial charge on any atom is -0.353 e. The van der Waals surface area contributed by atoms with Crippen molar-refractivity contribution in [2.24, 2.45) is 13.0 Å². The second-order valence-corrected chi connectivity index (χ2v) is 8.48. The maximum Gasteiger partial charge on any atom is 0.294 e. The molecule has 7 heteroatoms. The molecule has 0 bridgehead atoms. The number of pyridine rings is 1. The van der Waals surface area contributed by atoms with Crippen LogP contribution in [0.5, 0.6) is 0 Å². The highest BCUT2D eigenvalue weighted by Crippen LogP contribution is 2.23. The lowest BCUT2D eigenvalue weighted by Crippen LogP contribution is -2.47. The first-order valence-electron chi connectivity index (χ1n) is 11.0. The Morgan fingerprint density at radius 3 is 2.66 bits per heavy atom. The molecule has 1 amide bonds. The zero-order valence-corrected chi connectivity index (χ0v) is 17.3. The molecule has 29 heavy (non-hydrogen) atoms. The van der Waals surface area contributed by atoms with Crippen molar-refractivity contribution < 1.29 is 4.79 Å². The Morgan fingerprint density at radius 2 is 1.86 bits per heavy atom. The number of amides is 1. The average Bonchev–Trinajstić information content (AvgIpc) is 2.72. The molecule has 2 fully saturated rings. The number of aryl methyl sites for hydroxylation is 1. The standard InChI is InChI=1S/C22H31N5O2/c1-26-19-18(12-7-13-23-19)25-20(22(26)29)27-14-8-9-16(15-27)21(28)24-17-10-5-3-2-4-6-11-17/h7,12-13,16-17H,2-6,8-11,14-15H2,1H3,(H,24,28). The molecule has 1 saturated carbocycles. The Kier molecular flexibility index (Phi) is 6.11. The van der Waals surface area contributed by atoms with Crippen LogP contribution >= 0.6 is 0 Å². The van der Waals surface area contributed by atoms with Gasteiger partial charge in [-0.2, -0.15) is 0 Å². The van der Waals surface area contributed by atoms with E-state index in [9.17, 15) is 9.59 Å². The van der Waals surface area contributed by atoms with Gasteiger partial charge in [0.05, 0.1) is 5.92 Å². The van der Waals surface area contributed by atoms with Gasteiger partial charge in [-0.1, -0.05) is 32.1 Å². The van der Waals surface area contributed by atoms with E-state index < -0.39 is 0 Å². The minimum absolute atomic E-state index is 0.0923. The highest BCUT2D eigenvalue weighted by Gasteiger charge is 2.29. The fraction of sp³-hybridized carbons (Fsp3) is 0.636. The zero-order valence-electron chi connectivity index (χ0n) is 17.3. The van der Waals surface area contributed by atoms with Gasteiger partial charge in [-0.25, -0.2) is 9.97 Å². The van der Waals surface area contributed by atoms with Gasteiger partial charge in [-0.05, 0) is 37.8 Å². The number of nitrogens with zero attached hydrogens (tertiary/aromatic N) is 4. The lowest BCUT2D eigenvalue weighted by Gasteiger charge is -2.33. The Balaban J connectivity index is 1.48. The number of piperidine rings is 1. The highest BCUT2D eigenvalue weighted by molar-refractivity contribution is 5.80. The number of rotatable bonds is 3. The molecular formula is C22H31N5O2. The molecule has 3 heterocycles. The quantitative estimate of drug-likeness (QED) is 0.861. The molecule has 1 saturated heterocycles. The van der Waals surface area contributed by atoms with Crippen LogP contribution in [0.15, 0.2) is 23.1 Å². The number of hydrogen-bond donors (Lipinski definition) is 1. The third-order valence-corrected chi connectivity index (χ3v) is 6.35. The van der Waals surface area contributed by atoms with Crippen molar-refractivity contribution in [2.45, 2.75) is 63.8 Å². The highest BCUT2D eigenvalue weighted by atomic mass is 16.2. The summed E-state index contributed by atoms with van der Waals surface area (Å²) < 4.78 is 1.55. The third kappa shape index (κ3) is 4.43. The molecule has 4 rings (SSSR count). The van der Waals surface area contributed by atoms with Gasteiger partial charge in [0.25, 0.3) is 5.56 Å². The molecular weight excluding hydrogens is 366 g/mol. The van der Waals surface area contributed by atoms with Gasteiger partial charge in [-0.3, -0.25) is 14.2 Å². The summed E-state index contributed by atoms with van der Waals surface area (Å²) in [6.07, 6.45) is 11.9. The van der Waals surface area contributed by atoms with Crippen LogP contribution < -0.4 is 15.8 Å². The van der Waals surface area contributed by atoms with E-state index in [0.717, 1.165) is 32.2 Å². The first-order chi connectivity index (χ1) is 14.1. The number of aromatic nitrogens is 3. The van der Waals surface area contributed by atoms with Crippen molar-refractivity contribution in [2.75, 3.05) is 18.0 Å². The van der Waals surface area contributed by atoms with Gasteiger partial charge in [0.15, 0.2) is 11.5 Å². The van der Waals surface area contributed by atoms with E-state index in [-0.39, 0.29) is 17.4 Å². The molecule has 2 aromatic rings. The number of carbonyl (C=O) groups excluding carboxylic acids is 1. The van der Waals surface area contributed by atoms with E-state index in [0.29, 0.717) is 29.6 Å². The van der Waals surface area contributed by atoms with Gasteiger partial charge in [-0.15, -0.1) is 0 Å². The van der Waals surface area contributed by atoms with E-state index in [1.807, 2.05) is 17.0 Å². The smallest absolute Gasteiger partial charge is 0.294 e. The lowest BCUT2D eigenvalue weighted by atomic mass is 9.94. The molecule has 0 aromatic carbocycles. The second kappa shape index (κ2) is 8.93. The van der Waals surface area contributed by atoms with Crippen LogP contribution in [0.25, 0.3) is 11.2 Å². The van der Waals surface area contributed by atoms with Crippen LogP contribution in [0, 0.1) is 5.92 Å². The van der Waals surface area contributed by atoms with Crippen LogP contribution in [0.1, 0.15) is 57.8 Å². The Hall–Kier alpha value is -2.44. The normalized spacial score (nSPS) is 21.6. The second-order valence-electron chi connectivity index (χ2n) is 8.48. The van der Waals surface area contributed by atoms with Crippen LogP contribution in [0.4, 0.5) is 5.82 Å². The van der Waals surface area contributed by atoms with Gasteiger partial charge < -0.3 is 10.2 Å². The van der Waals surface area contributed by atoms with Crippen molar-refractivity contribution in [3.63, 3.8) is 0 Å². The summed E-state index contributed by atoms with van der Waals surface area (Å²) in [5, 5.41) is 3.30. The van der Waals surface area contributed by atoms with E-state index in [1.54, 1.807) is 17.8 Å². The van der Waals surface area contributed by atoms with Gasteiger partial charge in [0, 0.05) is 32.4 Å². The van der Waals surface area contributed by atoms with Crippen LogP contribution in [-0.4, -0.2) is 39.6 Å². The Morgan fingerprint density at radius 1 is 1.10 bits per heavy atom.